The van der Waals surface area contributed by atoms with Crippen LogP contribution < -0.4 is 4.74 Å². The maximum atomic E-state index is 11.2. The molecule has 0 saturated carbocycles. The van der Waals surface area contributed by atoms with Crippen molar-refractivity contribution in [3.05, 3.63) is 65.2 Å². The number of carbonyl (C=O) groups excluding carboxylic acids is 1. The molecule has 1 saturated heterocycles. The van der Waals surface area contributed by atoms with E-state index in [1.165, 1.54) is 5.56 Å². The van der Waals surface area contributed by atoms with Crippen molar-refractivity contribution in [3.63, 3.8) is 0 Å². The van der Waals surface area contributed by atoms with Crippen LogP contribution in [0.25, 0.3) is 0 Å². The smallest absolute Gasteiger partial charge is 0.130 e. The number of ether oxygens (including phenoxy) is 2. The first-order chi connectivity index (χ1) is 13.6. The van der Waals surface area contributed by atoms with Gasteiger partial charge in [-0.15, -0.1) is 0 Å². The molecule has 2 aromatic rings. The van der Waals surface area contributed by atoms with Crippen LogP contribution in [0, 0.1) is 17.8 Å². The SMILES string of the molecule is CC(=O)CC(C)Cc1ccc(C#Cc2ccc(OC3CCCOC3)cc2)cc1. The largest absolute Gasteiger partial charge is 0.488 e. The van der Waals surface area contributed by atoms with Gasteiger partial charge in [0.05, 0.1) is 6.61 Å². The van der Waals surface area contributed by atoms with E-state index in [1.54, 1.807) is 6.92 Å². The maximum Gasteiger partial charge on any atom is 0.130 e. The Morgan fingerprint density at radius 3 is 2.32 bits per heavy atom. The first-order valence-corrected chi connectivity index (χ1v) is 10.0. The molecule has 2 unspecified atom stereocenters. The average Bonchev–Trinajstić information content (AvgIpc) is 2.69. The highest BCUT2D eigenvalue weighted by atomic mass is 16.5. The second-order valence-electron chi connectivity index (χ2n) is 7.64. The van der Waals surface area contributed by atoms with Gasteiger partial charge in [-0.25, -0.2) is 0 Å². The van der Waals surface area contributed by atoms with E-state index in [2.05, 4.69) is 30.9 Å². The monoisotopic (exact) mass is 376 g/mol. The zero-order valence-corrected chi connectivity index (χ0v) is 16.7. The minimum Gasteiger partial charge on any atom is -0.488 e. The van der Waals surface area contributed by atoms with Gasteiger partial charge in [-0.3, -0.25) is 0 Å². The second kappa shape index (κ2) is 10.1. The predicted molar refractivity (Wildman–Crippen MR) is 111 cm³/mol. The number of carbonyl (C=O) groups is 1. The molecule has 1 aliphatic heterocycles. The van der Waals surface area contributed by atoms with Gasteiger partial charge in [-0.05, 0) is 74.1 Å². The van der Waals surface area contributed by atoms with E-state index in [4.69, 9.17) is 9.47 Å². The zero-order chi connectivity index (χ0) is 19.8. The van der Waals surface area contributed by atoms with Crippen LogP contribution in [-0.4, -0.2) is 25.1 Å². The maximum absolute atomic E-state index is 11.2. The summed E-state index contributed by atoms with van der Waals surface area (Å²) in [5, 5.41) is 0. The second-order valence-corrected chi connectivity index (χ2v) is 7.64. The van der Waals surface area contributed by atoms with Gasteiger partial charge in [0.2, 0.25) is 0 Å². The fraction of sp³-hybridized carbons (Fsp3) is 0.400. The number of Topliss-reactive ketones (excluding diaryl/α,β-unsaturated/α-hetero) is 1. The van der Waals surface area contributed by atoms with Crippen molar-refractivity contribution in [2.75, 3.05) is 13.2 Å². The lowest BCUT2D eigenvalue weighted by atomic mass is 9.96. The van der Waals surface area contributed by atoms with Crippen molar-refractivity contribution in [1.82, 2.24) is 0 Å². The fourth-order valence-corrected chi connectivity index (χ4v) is 3.45. The van der Waals surface area contributed by atoms with Crippen LogP contribution in [0.15, 0.2) is 48.5 Å². The lowest BCUT2D eigenvalue weighted by Gasteiger charge is -2.23. The first kappa shape index (κ1) is 20.2. The van der Waals surface area contributed by atoms with Gasteiger partial charge in [-0.2, -0.15) is 0 Å². The lowest BCUT2D eigenvalue weighted by molar-refractivity contribution is -0.117. The van der Waals surface area contributed by atoms with E-state index in [9.17, 15) is 4.79 Å². The molecule has 2 aromatic carbocycles. The molecule has 3 heteroatoms. The molecule has 0 bridgehead atoms. The standard InChI is InChI=1S/C25H28O3/c1-19(16-20(2)26)17-23-9-7-21(8-10-23)5-6-22-11-13-24(14-12-22)28-25-4-3-15-27-18-25/h7-14,19,25H,3-4,15-18H2,1-2H3. The van der Waals surface area contributed by atoms with Crippen molar-refractivity contribution in [2.24, 2.45) is 5.92 Å². The van der Waals surface area contributed by atoms with E-state index >= 15 is 0 Å². The van der Waals surface area contributed by atoms with Gasteiger partial charge in [-0.1, -0.05) is 30.9 Å². The Kier molecular flexibility index (Phi) is 7.28. The summed E-state index contributed by atoms with van der Waals surface area (Å²) < 4.78 is 11.4. The molecule has 0 aliphatic carbocycles. The molecule has 0 aromatic heterocycles. The van der Waals surface area contributed by atoms with Gasteiger partial charge in [0.25, 0.3) is 0 Å². The number of hydrogen-bond acceptors (Lipinski definition) is 3. The van der Waals surface area contributed by atoms with Crippen LogP contribution in [0.2, 0.25) is 0 Å². The predicted octanol–water partition coefficient (Wildman–Crippen LogP) is 4.80. The van der Waals surface area contributed by atoms with Crippen molar-refractivity contribution in [3.8, 4) is 17.6 Å². The van der Waals surface area contributed by atoms with Crippen molar-refractivity contribution in [2.45, 2.75) is 45.6 Å². The fourth-order valence-electron chi connectivity index (χ4n) is 3.45. The molecule has 3 rings (SSSR count). The Hall–Kier alpha value is -2.57. The summed E-state index contributed by atoms with van der Waals surface area (Å²) in [5.41, 5.74) is 3.20. The Bertz CT molecular complexity index is 819. The number of hydrogen-bond donors (Lipinski definition) is 0. The Balaban J connectivity index is 1.54. The molecule has 0 amide bonds. The Labute approximate surface area is 168 Å². The van der Waals surface area contributed by atoms with E-state index < -0.39 is 0 Å². The summed E-state index contributed by atoms with van der Waals surface area (Å²) in [7, 11) is 0. The Morgan fingerprint density at radius 2 is 1.75 bits per heavy atom. The summed E-state index contributed by atoms with van der Waals surface area (Å²) in [6.45, 7) is 5.28. The van der Waals surface area contributed by atoms with Gasteiger partial charge in [0.1, 0.15) is 17.6 Å². The highest BCUT2D eigenvalue weighted by molar-refractivity contribution is 5.75. The molecule has 1 heterocycles. The molecule has 3 nitrogen and oxygen atoms in total. The van der Waals surface area contributed by atoms with Crippen molar-refractivity contribution < 1.29 is 14.3 Å². The number of benzene rings is 2. The molecular weight excluding hydrogens is 348 g/mol. The van der Waals surface area contributed by atoms with Crippen LogP contribution in [-0.2, 0) is 16.0 Å². The van der Waals surface area contributed by atoms with Gasteiger partial charge >= 0.3 is 0 Å². The minimum atomic E-state index is 0.155. The Morgan fingerprint density at radius 1 is 1.11 bits per heavy atom. The minimum absolute atomic E-state index is 0.155. The molecule has 1 aliphatic rings. The summed E-state index contributed by atoms with van der Waals surface area (Å²) in [6, 6.07) is 16.2. The van der Waals surface area contributed by atoms with Gasteiger partial charge in [0, 0.05) is 24.2 Å². The van der Waals surface area contributed by atoms with Gasteiger partial charge in [0.15, 0.2) is 0 Å². The van der Waals surface area contributed by atoms with Crippen LogP contribution in [0.5, 0.6) is 5.75 Å². The molecular formula is C25H28O3. The lowest BCUT2D eigenvalue weighted by Crippen LogP contribution is -2.27. The molecule has 1 fully saturated rings. The summed E-state index contributed by atoms with van der Waals surface area (Å²) in [6.07, 6.45) is 3.81. The molecule has 2 atom stereocenters. The third-order valence-electron chi connectivity index (χ3n) is 4.80. The van der Waals surface area contributed by atoms with E-state index in [1.807, 2.05) is 36.4 Å². The molecule has 0 spiro atoms. The summed E-state index contributed by atoms with van der Waals surface area (Å²) in [5.74, 6) is 7.90. The van der Waals surface area contributed by atoms with E-state index in [0.717, 1.165) is 42.7 Å². The van der Waals surface area contributed by atoms with E-state index in [-0.39, 0.29) is 11.9 Å². The van der Waals surface area contributed by atoms with Crippen molar-refractivity contribution in [1.29, 1.82) is 0 Å². The van der Waals surface area contributed by atoms with Crippen LogP contribution in [0.4, 0.5) is 0 Å². The average molecular weight is 376 g/mol. The number of ketones is 1. The quantitative estimate of drug-likeness (QED) is 0.679. The topological polar surface area (TPSA) is 35.5 Å². The molecule has 0 radical (unpaired) electrons. The molecule has 0 N–H and O–H groups in total. The molecule has 28 heavy (non-hydrogen) atoms. The molecule has 146 valence electrons. The van der Waals surface area contributed by atoms with Crippen LogP contribution in [0.3, 0.4) is 0 Å². The van der Waals surface area contributed by atoms with E-state index in [0.29, 0.717) is 18.9 Å². The van der Waals surface area contributed by atoms with Crippen LogP contribution >= 0.6 is 0 Å². The third-order valence-corrected chi connectivity index (χ3v) is 4.80. The van der Waals surface area contributed by atoms with Crippen LogP contribution in [0.1, 0.15) is 49.8 Å². The van der Waals surface area contributed by atoms with Gasteiger partial charge < -0.3 is 14.3 Å². The normalized spacial score (nSPS) is 17.3. The van der Waals surface area contributed by atoms with Crippen molar-refractivity contribution >= 4 is 5.78 Å². The number of rotatable bonds is 6. The zero-order valence-electron chi connectivity index (χ0n) is 16.7. The highest BCUT2D eigenvalue weighted by Gasteiger charge is 2.15. The highest BCUT2D eigenvalue weighted by Crippen LogP contribution is 2.18. The summed E-state index contributed by atoms with van der Waals surface area (Å²) >= 11 is 0. The summed E-state index contributed by atoms with van der Waals surface area (Å²) in [4.78, 5) is 11.2. The first-order valence-electron chi connectivity index (χ1n) is 10.0. The third kappa shape index (κ3) is 6.55.